The van der Waals surface area contributed by atoms with Gasteiger partial charge in [-0.1, -0.05) is 12.1 Å². The van der Waals surface area contributed by atoms with Crippen LogP contribution in [0.15, 0.2) is 24.3 Å². The van der Waals surface area contributed by atoms with Crippen molar-refractivity contribution in [1.29, 1.82) is 5.26 Å². The zero-order valence-corrected chi connectivity index (χ0v) is 10.2. The Morgan fingerprint density at radius 1 is 1.47 bits per heavy atom. The first kappa shape index (κ1) is 14.5. The van der Waals surface area contributed by atoms with E-state index in [9.17, 15) is 9.59 Å². The number of hydrogen-bond acceptors (Lipinski definition) is 4. The third-order valence-electron chi connectivity index (χ3n) is 2.23. The van der Waals surface area contributed by atoms with E-state index in [1.54, 1.807) is 24.3 Å². The summed E-state index contributed by atoms with van der Waals surface area (Å²) in [4.78, 5) is 22.4. The average Bonchev–Trinajstić information content (AvgIpc) is 2.38. The fourth-order valence-electron chi connectivity index (χ4n) is 1.35. The number of anilines is 1. The third-order valence-corrected chi connectivity index (χ3v) is 2.23. The number of benzene rings is 1. The summed E-state index contributed by atoms with van der Waals surface area (Å²) in [6.45, 7) is -0.150. The molecule has 19 heavy (non-hydrogen) atoms. The van der Waals surface area contributed by atoms with Gasteiger partial charge in [0.25, 0.3) is 0 Å². The van der Waals surface area contributed by atoms with Crippen molar-refractivity contribution < 1.29 is 19.4 Å². The predicted octanol–water partition coefficient (Wildman–Crippen LogP) is 0.779. The quantitative estimate of drug-likeness (QED) is 0.726. The standard InChI is InChI=1S/C12H13N3O4/c1-19-7-10(11(16)17)15-12(18)14-9-5-3-2-4-8(9)6-13/h2-5,10H,7H2,1H3,(H,16,17)(H2,14,15,18). The van der Waals surface area contributed by atoms with Gasteiger partial charge >= 0.3 is 12.0 Å². The van der Waals surface area contributed by atoms with Crippen molar-refractivity contribution in [2.75, 3.05) is 19.0 Å². The molecule has 0 aliphatic heterocycles. The highest BCUT2D eigenvalue weighted by Crippen LogP contribution is 2.13. The zero-order chi connectivity index (χ0) is 14.3. The van der Waals surface area contributed by atoms with E-state index < -0.39 is 18.0 Å². The molecule has 3 N–H and O–H groups in total. The molecule has 0 aliphatic carbocycles. The Bertz CT molecular complexity index is 510. The maximum atomic E-state index is 11.6. The van der Waals surface area contributed by atoms with Gasteiger partial charge in [-0.25, -0.2) is 9.59 Å². The van der Waals surface area contributed by atoms with E-state index in [1.165, 1.54) is 7.11 Å². The second-order valence-electron chi connectivity index (χ2n) is 3.60. The topological polar surface area (TPSA) is 111 Å². The number of carboxylic acid groups (broad SMARTS) is 1. The van der Waals surface area contributed by atoms with Gasteiger partial charge in [-0.05, 0) is 12.1 Å². The van der Waals surface area contributed by atoms with Crippen LogP contribution < -0.4 is 10.6 Å². The highest BCUT2D eigenvalue weighted by molar-refractivity contribution is 5.93. The van der Waals surface area contributed by atoms with Crippen molar-refractivity contribution in [3.8, 4) is 6.07 Å². The lowest BCUT2D eigenvalue weighted by Crippen LogP contribution is -2.45. The van der Waals surface area contributed by atoms with Gasteiger partial charge in [0, 0.05) is 7.11 Å². The van der Waals surface area contributed by atoms with E-state index in [4.69, 9.17) is 10.4 Å². The van der Waals surface area contributed by atoms with E-state index in [1.807, 2.05) is 6.07 Å². The number of ether oxygens (including phenoxy) is 1. The Kier molecular flexibility index (Phi) is 5.32. The summed E-state index contributed by atoms with van der Waals surface area (Å²) in [5.74, 6) is -1.20. The van der Waals surface area contributed by atoms with Gasteiger partial charge in [-0.15, -0.1) is 0 Å². The molecule has 0 bridgehead atoms. The zero-order valence-electron chi connectivity index (χ0n) is 10.2. The molecule has 1 rings (SSSR count). The van der Waals surface area contributed by atoms with Crippen LogP contribution in [0.2, 0.25) is 0 Å². The van der Waals surface area contributed by atoms with Crippen molar-refractivity contribution >= 4 is 17.7 Å². The molecular weight excluding hydrogens is 250 g/mol. The normalized spacial score (nSPS) is 11.2. The molecule has 0 heterocycles. The van der Waals surface area contributed by atoms with Gasteiger partial charge in [-0.2, -0.15) is 5.26 Å². The minimum absolute atomic E-state index is 0.150. The molecule has 7 nitrogen and oxygen atoms in total. The lowest BCUT2D eigenvalue weighted by Gasteiger charge is -2.14. The minimum atomic E-state index is -1.20. The molecule has 1 atom stereocenters. The van der Waals surface area contributed by atoms with Crippen LogP contribution in [0.4, 0.5) is 10.5 Å². The first-order chi connectivity index (χ1) is 9.08. The van der Waals surface area contributed by atoms with Crippen molar-refractivity contribution in [3.05, 3.63) is 29.8 Å². The SMILES string of the molecule is COCC(NC(=O)Nc1ccccc1C#N)C(=O)O. The first-order valence-electron chi connectivity index (χ1n) is 5.37. The van der Waals surface area contributed by atoms with E-state index in [-0.39, 0.29) is 12.2 Å². The van der Waals surface area contributed by atoms with Gasteiger partial charge < -0.3 is 20.5 Å². The lowest BCUT2D eigenvalue weighted by molar-refractivity contribution is -0.140. The van der Waals surface area contributed by atoms with Crippen LogP contribution in [0.3, 0.4) is 0 Å². The number of urea groups is 1. The molecule has 7 heteroatoms. The van der Waals surface area contributed by atoms with Crippen LogP contribution in [-0.2, 0) is 9.53 Å². The van der Waals surface area contributed by atoms with Crippen LogP contribution in [-0.4, -0.2) is 36.9 Å². The first-order valence-corrected chi connectivity index (χ1v) is 5.37. The third kappa shape index (κ3) is 4.29. The summed E-state index contributed by atoms with van der Waals surface area (Å²) < 4.78 is 4.69. The second kappa shape index (κ2) is 6.98. The highest BCUT2D eigenvalue weighted by atomic mass is 16.5. The summed E-state index contributed by atoms with van der Waals surface area (Å²) in [5, 5.41) is 22.3. The van der Waals surface area contributed by atoms with Crippen molar-refractivity contribution in [2.45, 2.75) is 6.04 Å². The van der Waals surface area contributed by atoms with E-state index in [2.05, 4.69) is 15.4 Å². The second-order valence-corrected chi connectivity index (χ2v) is 3.60. The Hall–Kier alpha value is -2.59. The summed E-state index contributed by atoms with van der Waals surface area (Å²) >= 11 is 0. The minimum Gasteiger partial charge on any atom is -0.480 e. The van der Waals surface area contributed by atoms with E-state index in [0.29, 0.717) is 5.69 Å². The molecule has 0 fully saturated rings. The maximum Gasteiger partial charge on any atom is 0.328 e. The predicted molar refractivity (Wildman–Crippen MR) is 66.6 cm³/mol. The van der Waals surface area contributed by atoms with Crippen LogP contribution in [0, 0.1) is 11.3 Å². The molecule has 2 amide bonds. The van der Waals surface area contributed by atoms with Crippen LogP contribution in [0.25, 0.3) is 0 Å². The Balaban J connectivity index is 2.69. The molecule has 1 unspecified atom stereocenters. The number of carbonyl (C=O) groups is 2. The lowest BCUT2D eigenvalue weighted by atomic mass is 10.2. The molecule has 1 aromatic carbocycles. The average molecular weight is 263 g/mol. The number of nitriles is 1. The van der Waals surface area contributed by atoms with Crippen LogP contribution in [0.5, 0.6) is 0 Å². The van der Waals surface area contributed by atoms with E-state index >= 15 is 0 Å². The number of hydrogen-bond donors (Lipinski definition) is 3. The number of carboxylic acids is 1. The molecule has 0 aliphatic rings. The van der Waals surface area contributed by atoms with Gasteiger partial charge in [-0.3, -0.25) is 0 Å². The van der Waals surface area contributed by atoms with Crippen LogP contribution >= 0.6 is 0 Å². The maximum absolute atomic E-state index is 11.6. The molecule has 0 saturated heterocycles. The Morgan fingerprint density at radius 2 is 2.16 bits per heavy atom. The van der Waals surface area contributed by atoms with Crippen molar-refractivity contribution in [2.24, 2.45) is 0 Å². The molecule has 0 aromatic heterocycles. The number of para-hydroxylation sites is 1. The van der Waals surface area contributed by atoms with E-state index in [0.717, 1.165) is 0 Å². The monoisotopic (exact) mass is 263 g/mol. The molecule has 0 saturated carbocycles. The summed E-state index contributed by atoms with van der Waals surface area (Å²) in [6, 6.07) is 6.45. The smallest absolute Gasteiger partial charge is 0.328 e. The summed E-state index contributed by atoms with van der Waals surface area (Å²) in [6.07, 6.45) is 0. The van der Waals surface area contributed by atoms with Gasteiger partial charge in [0.1, 0.15) is 6.07 Å². The van der Waals surface area contributed by atoms with Crippen molar-refractivity contribution in [1.82, 2.24) is 5.32 Å². The Labute approximate surface area is 109 Å². The molecule has 1 aromatic rings. The highest BCUT2D eigenvalue weighted by Gasteiger charge is 2.19. The fraction of sp³-hybridized carbons (Fsp3) is 0.250. The van der Waals surface area contributed by atoms with Crippen LogP contribution in [0.1, 0.15) is 5.56 Å². The van der Waals surface area contributed by atoms with Crippen molar-refractivity contribution in [3.63, 3.8) is 0 Å². The number of aliphatic carboxylic acids is 1. The number of nitrogens with zero attached hydrogens (tertiary/aromatic N) is 1. The number of carbonyl (C=O) groups excluding carboxylic acids is 1. The fourth-order valence-corrected chi connectivity index (χ4v) is 1.35. The van der Waals surface area contributed by atoms with Gasteiger partial charge in [0.2, 0.25) is 0 Å². The molecular formula is C12H13N3O4. The summed E-state index contributed by atoms with van der Waals surface area (Å²) in [7, 11) is 1.33. The Morgan fingerprint density at radius 3 is 2.74 bits per heavy atom. The number of rotatable bonds is 5. The number of methoxy groups -OCH3 is 1. The molecule has 100 valence electrons. The van der Waals surface area contributed by atoms with Gasteiger partial charge in [0.05, 0.1) is 17.9 Å². The molecule has 0 spiro atoms. The largest absolute Gasteiger partial charge is 0.480 e. The summed E-state index contributed by atoms with van der Waals surface area (Å²) in [5.41, 5.74) is 0.598. The number of nitrogens with one attached hydrogen (secondary N) is 2. The molecule has 0 radical (unpaired) electrons. The number of amides is 2. The van der Waals surface area contributed by atoms with Gasteiger partial charge in [0.15, 0.2) is 6.04 Å².